The fraction of sp³-hybridized carbons (Fsp3) is 0.571. The van der Waals surface area contributed by atoms with E-state index in [0.29, 0.717) is 36.2 Å². The number of ether oxygens (including phenoxy) is 6. The van der Waals surface area contributed by atoms with Gasteiger partial charge in [0.25, 0.3) is 0 Å². The molecule has 6 heteroatoms. The monoisotopic (exact) mass is 286 g/mol. The predicted octanol–water partition coefficient (Wildman–Crippen LogP) is 2.02. The van der Waals surface area contributed by atoms with Gasteiger partial charge in [-0.2, -0.15) is 0 Å². The first-order chi connectivity index (χ1) is 9.69. The van der Waals surface area contributed by atoms with Gasteiger partial charge in [0.05, 0.1) is 34.5 Å². The molecule has 0 spiro atoms. The first-order valence-electron chi connectivity index (χ1n) is 6.18. The van der Waals surface area contributed by atoms with Crippen LogP contribution in [0.3, 0.4) is 0 Å². The van der Waals surface area contributed by atoms with Gasteiger partial charge in [-0.3, -0.25) is 0 Å². The lowest BCUT2D eigenvalue weighted by Gasteiger charge is -2.18. The second-order valence-electron chi connectivity index (χ2n) is 3.95. The average Bonchev–Trinajstić information content (AvgIpc) is 2.46. The summed E-state index contributed by atoms with van der Waals surface area (Å²) in [6, 6.07) is 1.82. The van der Waals surface area contributed by atoms with Crippen LogP contribution in [0.15, 0.2) is 6.07 Å². The SMILES string of the molecule is COCCOCOc1cc(C)c(OC)c(OC)c1OC. The lowest BCUT2D eigenvalue weighted by atomic mass is 10.1. The molecule has 0 aromatic heterocycles. The number of hydrogen-bond acceptors (Lipinski definition) is 6. The fourth-order valence-electron chi connectivity index (χ4n) is 1.77. The summed E-state index contributed by atoms with van der Waals surface area (Å²) >= 11 is 0. The van der Waals surface area contributed by atoms with E-state index in [9.17, 15) is 0 Å². The standard InChI is InChI=1S/C14H22O6/c1-10-8-11(20-9-19-7-6-15-2)13(17-4)14(18-5)12(10)16-3/h8H,6-7,9H2,1-5H3. The number of benzene rings is 1. The van der Waals surface area contributed by atoms with Gasteiger partial charge in [-0.25, -0.2) is 0 Å². The topological polar surface area (TPSA) is 55.4 Å². The van der Waals surface area contributed by atoms with Crippen LogP contribution in [0, 0.1) is 6.92 Å². The summed E-state index contributed by atoms with van der Waals surface area (Å²) < 4.78 is 31.7. The van der Waals surface area contributed by atoms with E-state index in [2.05, 4.69) is 0 Å². The molecule has 6 nitrogen and oxygen atoms in total. The highest BCUT2D eigenvalue weighted by atomic mass is 16.7. The van der Waals surface area contributed by atoms with Crippen molar-refractivity contribution in [3.8, 4) is 23.0 Å². The highest BCUT2D eigenvalue weighted by Crippen LogP contribution is 2.46. The second-order valence-corrected chi connectivity index (χ2v) is 3.95. The van der Waals surface area contributed by atoms with Crippen LogP contribution in [-0.4, -0.2) is 48.4 Å². The highest BCUT2D eigenvalue weighted by molar-refractivity contribution is 5.62. The van der Waals surface area contributed by atoms with E-state index in [0.717, 1.165) is 5.56 Å². The smallest absolute Gasteiger partial charge is 0.207 e. The molecule has 0 amide bonds. The van der Waals surface area contributed by atoms with Gasteiger partial charge in [-0.1, -0.05) is 0 Å². The Morgan fingerprint density at radius 2 is 1.50 bits per heavy atom. The summed E-state index contributed by atoms with van der Waals surface area (Å²) in [5.74, 6) is 2.14. The molecule has 0 fully saturated rings. The van der Waals surface area contributed by atoms with Gasteiger partial charge < -0.3 is 28.4 Å². The summed E-state index contributed by atoms with van der Waals surface area (Å²) in [5.41, 5.74) is 0.886. The van der Waals surface area contributed by atoms with Crippen molar-refractivity contribution in [1.29, 1.82) is 0 Å². The molecule has 0 aliphatic heterocycles. The Morgan fingerprint density at radius 1 is 0.850 bits per heavy atom. The van der Waals surface area contributed by atoms with Crippen LogP contribution in [0.2, 0.25) is 0 Å². The maximum absolute atomic E-state index is 5.56. The zero-order valence-corrected chi connectivity index (χ0v) is 12.6. The summed E-state index contributed by atoms with van der Waals surface area (Å²) in [6.07, 6.45) is 0. The molecule has 1 aromatic rings. The quantitative estimate of drug-likeness (QED) is 0.511. The maximum atomic E-state index is 5.56. The van der Waals surface area contributed by atoms with Gasteiger partial charge in [0, 0.05) is 7.11 Å². The summed E-state index contributed by atoms with van der Waals surface area (Å²) in [5, 5.41) is 0. The summed E-state index contributed by atoms with van der Waals surface area (Å²) in [4.78, 5) is 0. The number of methoxy groups -OCH3 is 4. The van der Waals surface area contributed by atoms with Crippen molar-refractivity contribution in [1.82, 2.24) is 0 Å². The molecule has 0 heterocycles. The molecule has 0 saturated heterocycles. The van der Waals surface area contributed by atoms with Crippen LogP contribution in [-0.2, 0) is 9.47 Å². The summed E-state index contributed by atoms with van der Waals surface area (Å²) in [7, 11) is 6.30. The number of rotatable bonds is 9. The lowest BCUT2D eigenvalue weighted by Crippen LogP contribution is -2.09. The van der Waals surface area contributed by atoms with E-state index in [1.807, 2.05) is 13.0 Å². The van der Waals surface area contributed by atoms with E-state index in [-0.39, 0.29) is 6.79 Å². The van der Waals surface area contributed by atoms with Crippen LogP contribution >= 0.6 is 0 Å². The third-order valence-electron chi connectivity index (χ3n) is 2.68. The van der Waals surface area contributed by atoms with Gasteiger partial charge in [0.15, 0.2) is 18.3 Å². The zero-order chi connectivity index (χ0) is 15.0. The fourth-order valence-corrected chi connectivity index (χ4v) is 1.77. The molecule has 0 aliphatic rings. The van der Waals surface area contributed by atoms with Crippen LogP contribution in [0.4, 0.5) is 0 Å². The Bertz CT molecular complexity index is 419. The van der Waals surface area contributed by atoms with Crippen molar-refractivity contribution in [2.75, 3.05) is 48.4 Å². The van der Waals surface area contributed by atoms with E-state index in [1.165, 1.54) is 0 Å². The molecule has 0 atom stereocenters. The van der Waals surface area contributed by atoms with E-state index in [1.54, 1.807) is 28.4 Å². The molecule has 0 saturated carbocycles. The van der Waals surface area contributed by atoms with E-state index >= 15 is 0 Å². The maximum Gasteiger partial charge on any atom is 0.207 e. The Hall–Kier alpha value is -1.66. The number of hydrogen-bond donors (Lipinski definition) is 0. The Morgan fingerprint density at radius 3 is 2.05 bits per heavy atom. The first-order valence-corrected chi connectivity index (χ1v) is 6.18. The summed E-state index contributed by atoms with van der Waals surface area (Å²) in [6.45, 7) is 2.99. The van der Waals surface area contributed by atoms with Gasteiger partial charge >= 0.3 is 0 Å². The minimum Gasteiger partial charge on any atom is -0.492 e. The van der Waals surface area contributed by atoms with Gasteiger partial charge in [0.1, 0.15) is 0 Å². The van der Waals surface area contributed by atoms with E-state index < -0.39 is 0 Å². The molecular formula is C14H22O6. The van der Waals surface area contributed by atoms with Crippen molar-refractivity contribution in [2.24, 2.45) is 0 Å². The van der Waals surface area contributed by atoms with Crippen molar-refractivity contribution in [2.45, 2.75) is 6.92 Å². The molecule has 0 N–H and O–H groups in total. The van der Waals surface area contributed by atoms with Crippen molar-refractivity contribution in [3.63, 3.8) is 0 Å². The van der Waals surface area contributed by atoms with Gasteiger partial charge in [0.2, 0.25) is 11.5 Å². The second kappa shape index (κ2) is 8.50. The predicted molar refractivity (Wildman–Crippen MR) is 74.2 cm³/mol. The first kappa shape index (κ1) is 16.4. The number of aryl methyl sites for hydroxylation is 1. The van der Waals surface area contributed by atoms with Crippen LogP contribution in [0.5, 0.6) is 23.0 Å². The van der Waals surface area contributed by atoms with Crippen LogP contribution in [0.1, 0.15) is 5.56 Å². The zero-order valence-electron chi connectivity index (χ0n) is 12.6. The van der Waals surface area contributed by atoms with Crippen LogP contribution in [0.25, 0.3) is 0 Å². The molecule has 114 valence electrons. The molecule has 20 heavy (non-hydrogen) atoms. The molecule has 0 aliphatic carbocycles. The minimum absolute atomic E-state index is 0.106. The Kier molecular flexibility index (Phi) is 6.97. The van der Waals surface area contributed by atoms with Gasteiger partial charge in [-0.15, -0.1) is 0 Å². The third kappa shape index (κ3) is 3.91. The van der Waals surface area contributed by atoms with Gasteiger partial charge in [-0.05, 0) is 18.6 Å². The normalized spacial score (nSPS) is 10.2. The molecule has 0 radical (unpaired) electrons. The average molecular weight is 286 g/mol. The van der Waals surface area contributed by atoms with E-state index in [4.69, 9.17) is 28.4 Å². The highest BCUT2D eigenvalue weighted by Gasteiger charge is 2.19. The Balaban J connectivity index is 2.87. The third-order valence-corrected chi connectivity index (χ3v) is 2.68. The molecule has 0 bridgehead atoms. The van der Waals surface area contributed by atoms with Crippen molar-refractivity contribution < 1.29 is 28.4 Å². The van der Waals surface area contributed by atoms with Crippen molar-refractivity contribution in [3.05, 3.63) is 11.6 Å². The van der Waals surface area contributed by atoms with Crippen molar-refractivity contribution >= 4 is 0 Å². The molecule has 1 aromatic carbocycles. The Labute approximate surface area is 119 Å². The minimum atomic E-state index is 0.106. The van der Waals surface area contributed by atoms with Crippen LogP contribution < -0.4 is 18.9 Å². The molecule has 0 unspecified atom stereocenters. The largest absolute Gasteiger partial charge is 0.492 e. The molecular weight excluding hydrogens is 264 g/mol. The lowest BCUT2D eigenvalue weighted by molar-refractivity contribution is -0.00962. The molecule has 1 rings (SSSR count).